The molecule has 2 heterocycles. The van der Waals surface area contributed by atoms with Gasteiger partial charge in [0.05, 0.1) is 17.6 Å². The van der Waals surface area contributed by atoms with Gasteiger partial charge in [0, 0.05) is 29.5 Å². The lowest BCUT2D eigenvalue weighted by Crippen LogP contribution is -2.28. The van der Waals surface area contributed by atoms with Gasteiger partial charge in [-0.05, 0) is 48.4 Å². The van der Waals surface area contributed by atoms with Gasteiger partial charge in [0.25, 0.3) is 0 Å². The van der Waals surface area contributed by atoms with Gasteiger partial charge in [-0.15, -0.1) is 13.2 Å². The smallest absolute Gasteiger partial charge is 0.406 e. The van der Waals surface area contributed by atoms with Crippen molar-refractivity contribution in [1.29, 1.82) is 0 Å². The van der Waals surface area contributed by atoms with Crippen LogP contribution in [0.15, 0.2) is 67.0 Å². The van der Waals surface area contributed by atoms with E-state index in [4.69, 9.17) is 0 Å². The van der Waals surface area contributed by atoms with Crippen LogP contribution in [0.25, 0.3) is 0 Å². The van der Waals surface area contributed by atoms with Crippen LogP contribution in [0.4, 0.5) is 40.7 Å². The first-order valence-electron chi connectivity index (χ1n) is 10.4. The summed E-state index contributed by atoms with van der Waals surface area (Å²) in [6, 6.07) is 14.4. The molecule has 0 spiro atoms. The van der Waals surface area contributed by atoms with Crippen molar-refractivity contribution in [1.82, 2.24) is 4.98 Å². The molecule has 1 atom stereocenters. The summed E-state index contributed by atoms with van der Waals surface area (Å²) in [6.45, 7) is 5.13. The second kappa shape index (κ2) is 8.65. The number of aromatic nitrogens is 1. The predicted molar refractivity (Wildman–Crippen MR) is 121 cm³/mol. The second-order valence-electron chi connectivity index (χ2n) is 8.06. The molecule has 0 aliphatic carbocycles. The lowest BCUT2D eigenvalue weighted by Gasteiger charge is -2.26. The Kier molecular flexibility index (Phi) is 5.88. The lowest BCUT2D eigenvalue weighted by molar-refractivity contribution is -0.274. The van der Waals surface area contributed by atoms with Gasteiger partial charge < -0.3 is 20.3 Å². The number of hydrogen-bond acceptors (Lipinski definition) is 4. The van der Waals surface area contributed by atoms with E-state index in [2.05, 4.69) is 51.2 Å². The molecule has 1 aliphatic heterocycles. The fourth-order valence-electron chi connectivity index (χ4n) is 4.00. The number of nitrogens with zero attached hydrogens (tertiary/aromatic N) is 2. The van der Waals surface area contributed by atoms with Crippen molar-refractivity contribution in [2.75, 3.05) is 22.1 Å². The molecule has 0 radical (unpaired) electrons. The monoisotopic (exact) mass is 456 g/mol. The average Bonchev–Trinajstić information content (AvgIpc) is 3.08. The molecular formula is C24H23F3N4O2. The summed E-state index contributed by atoms with van der Waals surface area (Å²) in [5.41, 5.74) is 3.94. The number of amides is 2. The lowest BCUT2D eigenvalue weighted by atomic mass is 9.82. The van der Waals surface area contributed by atoms with Crippen LogP contribution in [0.5, 0.6) is 5.75 Å². The maximum Gasteiger partial charge on any atom is 0.573 e. The fraction of sp³-hybridized carbons (Fsp3) is 0.250. The number of halogens is 3. The number of ether oxygens (including phenoxy) is 1. The molecule has 3 aromatic rings. The van der Waals surface area contributed by atoms with Crippen molar-refractivity contribution in [2.24, 2.45) is 0 Å². The van der Waals surface area contributed by atoms with Gasteiger partial charge in [-0.3, -0.25) is 4.98 Å². The van der Waals surface area contributed by atoms with Crippen LogP contribution in [0, 0.1) is 0 Å². The van der Waals surface area contributed by atoms with E-state index in [1.807, 2.05) is 18.2 Å². The first kappa shape index (κ1) is 22.4. The number of fused-ring (bicyclic) bond motifs is 1. The van der Waals surface area contributed by atoms with Crippen LogP contribution in [0.3, 0.4) is 0 Å². The van der Waals surface area contributed by atoms with Crippen LogP contribution in [-0.4, -0.2) is 23.9 Å². The summed E-state index contributed by atoms with van der Waals surface area (Å²) in [6.07, 6.45) is -0.574. The molecule has 9 heteroatoms. The van der Waals surface area contributed by atoms with E-state index < -0.39 is 12.4 Å². The Labute approximate surface area is 189 Å². The molecule has 6 nitrogen and oxygen atoms in total. The topological polar surface area (TPSA) is 66.5 Å². The van der Waals surface area contributed by atoms with Gasteiger partial charge in [0.15, 0.2) is 0 Å². The molecule has 172 valence electrons. The number of anilines is 4. The molecular weight excluding hydrogens is 433 g/mol. The number of benzene rings is 2. The van der Waals surface area contributed by atoms with E-state index in [1.165, 1.54) is 17.7 Å². The summed E-state index contributed by atoms with van der Waals surface area (Å²) in [5, 5.41) is 5.41. The number of alkyl halides is 3. The molecule has 1 unspecified atom stereocenters. The minimum absolute atomic E-state index is 0.0282. The average molecular weight is 456 g/mol. The first-order valence-corrected chi connectivity index (χ1v) is 10.4. The highest BCUT2D eigenvalue weighted by atomic mass is 19.4. The minimum atomic E-state index is -4.77. The van der Waals surface area contributed by atoms with Gasteiger partial charge in [0.1, 0.15) is 5.75 Å². The third-order valence-corrected chi connectivity index (χ3v) is 5.82. The van der Waals surface area contributed by atoms with Gasteiger partial charge in [-0.2, -0.15) is 0 Å². The van der Waals surface area contributed by atoms with Crippen molar-refractivity contribution in [3.8, 4) is 5.75 Å². The van der Waals surface area contributed by atoms with Crippen molar-refractivity contribution in [3.63, 3.8) is 0 Å². The number of rotatable bonds is 5. The van der Waals surface area contributed by atoms with E-state index in [0.29, 0.717) is 11.4 Å². The fourth-order valence-corrected chi connectivity index (χ4v) is 4.00. The van der Waals surface area contributed by atoms with Gasteiger partial charge in [0.2, 0.25) is 0 Å². The highest BCUT2D eigenvalue weighted by molar-refractivity contribution is 6.02. The van der Waals surface area contributed by atoms with Crippen LogP contribution < -0.4 is 20.3 Å². The summed E-state index contributed by atoms with van der Waals surface area (Å²) >= 11 is 0. The van der Waals surface area contributed by atoms with E-state index in [1.54, 1.807) is 12.4 Å². The zero-order valence-corrected chi connectivity index (χ0v) is 18.1. The standard InChI is InChI=1S/C24H23F3N4O2/c1-3-23(2)15-31(20-7-5-4-6-18(20)23)21-12-13-28-14-19(21)30-22(32)29-16-8-10-17(11-9-16)33-24(25,26)27/h4-14H,3,15H2,1-2H3,(H2,29,30,32). The zero-order valence-electron chi connectivity index (χ0n) is 18.1. The Morgan fingerprint density at radius 3 is 2.52 bits per heavy atom. The summed E-state index contributed by atoms with van der Waals surface area (Å²) < 4.78 is 40.8. The Morgan fingerprint density at radius 2 is 1.82 bits per heavy atom. The van der Waals surface area contributed by atoms with Gasteiger partial charge >= 0.3 is 12.4 Å². The normalized spacial score (nSPS) is 17.4. The quantitative estimate of drug-likeness (QED) is 0.463. The number of urea groups is 1. The number of carbonyl (C=O) groups excluding carboxylic acids is 1. The number of nitrogens with one attached hydrogen (secondary N) is 2. The summed E-state index contributed by atoms with van der Waals surface area (Å²) in [5.74, 6) is -0.366. The summed E-state index contributed by atoms with van der Waals surface area (Å²) in [4.78, 5) is 18.9. The number of carbonyl (C=O) groups is 1. The number of hydrogen-bond donors (Lipinski definition) is 2. The molecule has 1 aromatic heterocycles. The van der Waals surface area contributed by atoms with Gasteiger partial charge in [-0.1, -0.05) is 32.0 Å². The van der Waals surface area contributed by atoms with Crippen LogP contribution in [-0.2, 0) is 5.41 Å². The maximum atomic E-state index is 12.6. The molecule has 4 rings (SSSR count). The Balaban J connectivity index is 1.51. The van der Waals surface area contributed by atoms with E-state index in [9.17, 15) is 18.0 Å². The third-order valence-electron chi connectivity index (χ3n) is 5.82. The van der Waals surface area contributed by atoms with Crippen LogP contribution in [0.2, 0.25) is 0 Å². The van der Waals surface area contributed by atoms with Crippen molar-refractivity contribution in [3.05, 3.63) is 72.6 Å². The maximum absolute atomic E-state index is 12.6. The Bertz CT molecular complexity index is 1150. The molecule has 0 saturated heterocycles. The van der Waals surface area contributed by atoms with Crippen molar-refractivity contribution >= 4 is 28.8 Å². The Morgan fingerprint density at radius 1 is 1.09 bits per heavy atom. The molecule has 1 aliphatic rings. The second-order valence-corrected chi connectivity index (χ2v) is 8.06. The molecule has 0 fully saturated rings. The Hall–Kier alpha value is -3.75. The van der Waals surface area contributed by atoms with E-state index >= 15 is 0 Å². The predicted octanol–water partition coefficient (Wildman–Crippen LogP) is 6.44. The van der Waals surface area contributed by atoms with Gasteiger partial charge in [-0.25, -0.2) is 4.79 Å². The van der Waals surface area contributed by atoms with Crippen LogP contribution in [0.1, 0.15) is 25.8 Å². The number of pyridine rings is 1. The molecule has 0 saturated carbocycles. The zero-order chi connectivity index (χ0) is 23.6. The molecule has 33 heavy (non-hydrogen) atoms. The first-order chi connectivity index (χ1) is 15.7. The van der Waals surface area contributed by atoms with Crippen LogP contribution >= 0.6 is 0 Å². The SMILES string of the molecule is CCC1(C)CN(c2ccncc2NC(=O)Nc2ccc(OC(F)(F)F)cc2)c2ccccc21. The summed E-state index contributed by atoms with van der Waals surface area (Å²) in [7, 11) is 0. The molecule has 2 amide bonds. The highest BCUT2D eigenvalue weighted by Crippen LogP contribution is 2.47. The highest BCUT2D eigenvalue weighted by Gasteiger charge is 2.38. The van der Waals surface area contributed by atoms with E-state index in [-0.39, 0.29) is 11.2 Å². The van der Waals surface area contributed by atoms with E-state index in [0.717, 1.165) is 36.5 Å². The minimum Gasteiger partial charge on any atom is -0.406 e. The third kappa shape index (κ3) is 4.87. The molecule has 2 aromatic carbocycles. The molecule has 2 N–H and O–H groups in total. The largest absolute Gasteiger partial charge is 0.573 e. The number of para-hydroxylation sites is 1. The molecule has 0 bridgehead atoms. The van der Waals surface area contributed by atoms with Crippen molar-refractivity contribution < 1.29 is 22.7 Å². The van der Waals surface area contributed by atoms with Crippen molar-refractivity contribution in [2.45, 2.75) is 32.0 Å².